The molecule has 4 rings (SSSR count). The molecule has 2 atom stereocenters. The van der Waals surface area contributed by atoms with E-state index in [0.717, 1.165) is 29.6 Å². The Kier molecular flexibility index (Phi) is 4.18. The Morgan fingerprint density at radius 1 is 1.12 bits per heavy atom. The number of amides is 1. The van der Waals surface area contributed by atoms with Crippen LogP contribution in [0, 0.1) is 0 Å². The zero-order valence-corrected chi connectivity index (χ0v) is 14.2. The van der Waals surface area contributed by atoms with Gasteiger partial charge >= 0.3 is 6.09 Å². The van der Waals surface area contributed by atoms with Crippen molar-refractivity contribution in [2.45, 2.75) is 31.7 Å². The Balaban J connectivity index is 1.44. The van der Waals surface area contributed by atoms with E-state index in [1.165, 1.54) is 0 Å². The summed E-state index contributed by atoms with van der Waals surface area (Å²) in [5.74, 6) is 1.94. The molecule has 0 spiro atoms. The van der Waals surface area contributed by atoms with Crippen molar-refractivity contribution >= 4 is 17.1 Å². The fraction of sp³-hybridized carbons (Fsp3) is 0.286. The Morgan fingerprint density at radius 3 is 2.64 bits per heavy atom. The fourth-order valence-electron chi connectivity index (χ4n) is 3.55. The number of ether oxygens (including phenoxy) is 1. The fourth-order valence-corrected chi connectivity index (χ4v) is 3.55. The lowest BCUT2D eigenvalue weighted by molar-refractivity contribution is 0.110. The molecule has 1 aliphatic heterocycles. The van der Waals surface area contributed by atoms with Crippen molar-refractivity contribution in [1.29, 1.82) is 0 Å². The monoisotopic (exact) mass is 335 g/mol. The van der Waals surface area contributed by atoms with Crippen LogP contribution >= 0.6 is 0 Å². The molecule has 4 nitrogen and oxygen atoms in total. The van der Waals surface area contributed by atoms with Gasteiger partial charge in [-0.05, 0) is 44.0 Å². The summed E-state index contributed by atoms with van der Waals surface area (Å²) < 4.78 is 11.5. The van der Waals surface area contributed by atoms with E-state index in [9.17, 15) is 4.79 Å². The summed E-state index contributed by atoms with van der Waals surface area (Å²) in [5, 5.41) is 1.14. The molecule has 1 saturated heterocycles. The lowest BCUT2D eigenvalue weighted by Gasteiger charge is -2.36. The Labute approximate surface area is 147 Å². The van der Waals surface area contributed by atoms with Crippen molar-refractivity contribution in [2.75, 3.05) is 6.54 Å². The van der Waals surface area contributed by atoms with Crippen LogP contribution in [0.4, 0.5) is 4.79 Å². The summed E-state index contributed by atoms with van der Waals surface area (Å²) >= 11 is 0. The van der Waals surface area contributed by atoms with E-state index >= 15 is 0 Å². The first-order valence-corrected chi connectivity index (χ1v) is 8.72. The molecular weight excluding hydrogens is 314 g/mol. The highest BCUT2D eigenvalue weighted by Gasteiger charge is 2.32. The normalized spacial score (nSPS) is 20.6. The Morgan fingerprint density at radius 2 is 1.88 bits per heavy atom. The maximum Gasteiger partial charge on any atom is 0.415 e. The molecule has 1 aliphatic rings. The highest BCUT2D eigenvalue weighted by atomic mass is 16.6. The van der Waals surface area contributed by atoms with Crippen LogP contribution in [0.15, 0.2) is 65.1 Å². The largest absolute Gasteiger partial charge is 0.461 e. The molecule has 25 heavy (non-hydrogen) atoms. The summed E-state index contributed by atoms with van der Waals surface area (Å²) in [4.78, 5) is 14.3. The van der Waals surface area contributed by atoms with E-state index in [1.54, 1.807) is 12.1 Å². The number of fused-ring (bicyclic) bond motifs is 1. The Hall–Kier alpha value is -2.75. The molecule has 0 aliphatic carbocycles. The maximum atomic E-state index is 12.4. The van der Waals surface area contributed by atoms with Crippen molar-refractivity contribution in [3.05, 3.63) is 66.4 Å². The summed E-state index contributed by atoms with van der Waals surface area (Å²) in [5.41, 5.74) is 0.927. The van der Waals surface area contributed by atoms with Gasteiger partial charge in [0.05, 0.1) is 0 Å². The van der Waals surface area contributed by atoms with Crippen LogP contribution in [0.25, 0.3) is 11.0 Å². The average Bonchev–Trinajstić information content (AvgIpc) is 3.06. The number of nitrogens with zero attached hydrogens (tertiary/aromatic N) is 1. The summed E-state index contributed by atoms with van der Waals surface area (Å²) in [6.07, 6.45) is 1.49. The van der Waals surface area contributed by atoms with Crippen LogP contribution < -0.4 is 4.74 Å². The minimum atomic E-state index is -0.276. The van der Waals surface area contributed by atoms with Crippen molar-refractivity contribution in [1.82, 2.24) is 4.90 Å². The van der Waals surface area contributed by atoms with Crippen molar-refractivity contribution in [3.8, 4) is 5.75 Å². The summed E-state index contributed by atoms with van der Waals surface area (Å²) in [6, 6.07) is 19.5. The molecule has 0 saturated carbocycles. The molecule has 0 bridgehead atoms. The second-order valence-electron chi connectivity index (χ2n) is 6.63. The Bertz CT molecular complexity index is 838. The lowest BCUT2D eigenvalue weighted by Crippen LogP contribution is -2.45. The molecule has 1 amide bonds. The van der Waals surface area contributed by atoms with Gasteiger partial charge < -0.3 is 14.1 Å². The first-order chi connectivity index (χ1) is 12.2. The van der Waals surface area contributed by atoms with Crippen molar-refractivity contribution in [3.63, 3.8) is 0 Å². The topological polar surface area (TPSA) is 42.7 Å². The first-order valence-electron chi connectivity index (χ1n) is 8.72. The van der Waals surface area contributed by atoms with Crippen LogP contribution in [0.1, 0.15) is 31.4 Å². The van der Waals surface area contributed by atoms with Gasteiger partial charge in [-0.15, -0.1) is 0 Å². The number of hydrogen-bond acceptors (Lipinski definition) is 3. The number of rotatable bonds is 2. The van der Waals surface area contributed by atoms with E-state index in [-0.39, 0.29) is 12.1 Å². The van der Waals surface area contributed by atoms with Crippen LogP contribution in [-0.2, 0) is 0 Å². The van der Waals surface area contributed by atoms with Crippen LogP contribution in [0.2, 0.25) is 0 Å². The predicted octanol–water partition coefficient (Wildman–Crippen LogP) is 5.20. The third-order valence-electron chi connectivity index (χ3n) is 4.91. The van der Waals surface area contributed by atoms with Gasteiger partial charge in [-0.3, -0.25) is 0 Å². The van der Waals surface area contributed by atoms with Crippen molar-refractivity contribution < 1.29 is 13.9 Å². The van der Waals surface area contributed by atoms with Gasteiger partial charge in [0.2, 0.25) is 0 Å². The van der Waals surface area contributed by atoms with E-state index in [2.05, 4.69) is 19.1 Å². The third-order valence-corrected chi connectivity index (χ3v) is 4.91. The molecule has 0 N–H and O–H groups in total. The zero-order chi connectivity index (χ0) is 17.2. The van der Waals surface area contributed by atoms with Gasteiger partial charge in [-0.1, -0.05) is 36.4 Å². The molecule has 1 fully saturated rings. The number of benzene rings is 2. The number of para-hydroxylation sites is 2. The molecular formula is C21H21NO3. The number of hydrogen-bond donors (Lipinski definition) is 0. The highest BCUT2D eigenvalue weighted by molar-refractivity contribution is 5.77. The summed E-state index contributed by atoms with van der Waals surface area (Å²) in [6.45, 7) is 2.75. The number of carbonyl (C=O) groups is 1. The number of likely N-dealkylation sites (tertiary alicyclic amines) is 1. The second kappa shape index (κ2) is 6.63. The molecule has 2 aromatic carbocycles. The van der Waals surface area contributed by atoms with Gasteiger partial charge in [0.1, 0.15) is 17.1 Å². The minimum Gasteiger partial charge on any atom is -0.461 e. The highest BCUT2D eigenvalue weighted by Crippen LogP contribution is 2.35. The zero-order valence-electron chi connectivity index (χ0n) is 14.2. The first kappa shape index (κ1) is 15.8. The molecule has 3 aromatic rings. The van der Waals surface area contributed by atoms with E-state index in [1.807, 2.05) is 41.3 Å². The number of furan rings is 1. The number of piperidine rings is 1. The predicted molar refractivity (Wildman–Crippen MR) is 96.8 cm³/mol. The van der Waals surface area contributed by atoms with Gasteiger partial charge in [0.25, 0.3) is 0 Å². The number of carbonyl (C=O) groups excluding carboxylic acids is 1. The van der Waals surface area contributed by atoms with E-state index < -0.39 is 0 Å². The molecule has 1 aromatic heterocycles. The van der Waals surface area contributed by atoms with Crippen LogP contribution in [0.5, 0.6) is 5.75 Å². The minimum absolute atomic E-state index is 0.114. The van der Waals surface area contributed by atoms with Gasteiger partial charge in [0, 0.05) is 23.9 Å². The van der Waals surface area contributed by atoms with E-state index in [4.69, 9.17) is 9.15 Å². The summed E-state index contributed by atoms with van der Waals surface area (Å²) in [7, 11) is 0. The molecule has 4 heteroatoms. The molecule has 0 unspecified atom stereocenters. The smallest absolute Gasteiger partial charge is 0.415 e. The van der Waals surface area contributed by atoms with E-state index in [0.29, 0.717) is 18.2 Å². The molecule has 128 valence electrons. The van der Waals surface area contributed by atoms with Crippen LogP contribution in [-0.4, -0.2) is 23.6 Å². The second-order valence-corrected chi connectivity index (χ2v) is 6.63. The van der Waals surface area contributed by atoms with Crippen molar-refractivity contribution in [2.24, 2.45) is 0 Å². The molecule has 2 heterocycles. The van der Waals surface area contributed by atoms with Gasteiger partial charge in [0.15, 0.2) is 0 Å². The maximum absolute atomic E-state index is 12.4. The lowest BCUT2D eigenvalue weighted by atomic mass is 9.90. The average molecular weight is 335 g/mol. The van der Waals surface area contributed by atoms with Gasteiger partial charge in [-0.2, -0.15) is 0 Å². The third kappa shape index (κ3) is 3.25. The SMILES string of the molecule is C[C@@H]1C[C@@H](c2cc3ccccc3o2)CCN1C(=O)Oc1ccccc1. The molecule has 0 radical (unpaired) electrons. The van der Waals surface area contributed by atoms with Gasteiger partial charge in [-0.25, -0.2) is 4.79 Å². The standard InChI is InChI=1S/C21H21NO3/c1-15-13-17(20-14-16-7-5-6-10-19(16)25-20)11-12-22(15)21(23)24-18-8-3-2-4-9-18/h2-10,14-15,17H,11-13H2,1H3/t15-,17+/m1/s1. The van der Waals surface area contributed by atoms with Crippen LogP contribution in [0.3, 0.4) is 0 Å². The quantitative estimate of drug-likeness (QED) is 0.646.